The molecule has 0 unspecified atom stereocenters. The van der Waals surface area contributed by atoms with E-state index in [1.165, 1.54) is 5.69 Å². The van der Waals surface area contributed by atoms with Crippen LogP contribution in [0, 0.1) is 0 Å². The van der Waals surface area contributed by atoms with Crippen LogP contribution < -0.4 is 10.2 Å². The van der Waals surface area contributed by atoms with Gasteiger partial charge in [-0.1, -0.05) is 12.1 Å². The van der Waals surface area contributed by atoms with Gasteiger partial charge in [0.15, 0.2) is 0 Å². The van der Waals surface area contributed by atoms with Gasteiger partial charge < -0.3 is 15.0 Å². The molecule has 3 nitrogen and oxygen atoms in total. The fraction of sp³-hybridized carbons (Fsp3) is 0.385. The van der Waals surface area contributed by atoms with Crippen molar-refractivity contribution in [2.75, 3.05) is 38.3 Å². The highest BCUT2D eigenvalue weighted by Gasteiger charge is 2.10. The number of rotatable bonds is 3. The van der Waals surface area contributed by atoms with E-state index in [2.05, 4.69) is 47.1 Å². The number of hydrogen-bond donors (Lipinski definition) is 2. The lowest BCUT2D eigenvalue weighted by Gasteiger charge is -2.29. The molecule has 1 aromatic rings. The molecule has 0 bridgehead atoms. The van der Waals surface area contributed by atoms with Gasteiger partial charge in [0.1, 0.15) is 0 Å². The van der Waals surface area contributed by atoms with Crippen LogP contribution >= 0.6 is 12.6 Å². The van der Waals surface area contributed by atoms with Crippen LogP contribution in [0.1, 0.15) is 5.56 Å². The van der Waals surface area contributed by atoms with Gasteiger partial charge in [-0.05, 0) is 23.1 Å². The predicted molar refractivity (Wildman–Crippen MR) is 75.5 cm³/mol. The first-order valence-electron chi connectivity index (χ1n) is 5.80. The molecule has 1 saturated heterocycles. The average molecular weight is 250 g/mol. The molecule has 17 heavy (non-hydrogen) atoms. The Morgan fingerprint density at radius 1 is 1.29 bits per heavy atom. The number of nitrogens with one attached hydrogen (secondary N) is 1. The van der Waals surface area contributed by atoms with Crippen LogP contribution in [0.3, 0.4) is 0 Å². The van der Waals surface area contributed by atoms with Gasteiger partial charge in [0, 0.05) is 31.5 Å². The number of anilines is 1. The molecule has 0 radical (unpaired) electrons. The number of ether oxygens (including phenoxy) is 1. The molecule has 2 rings (SSSR count). The van der Waals surface area contributed by atoms with Gasteiger partial charge in [-0.2, -0.15) is 0 Å². The predicted octanol–water partition coefficient (Wildman–Crippen LogP) is 1.97. The third-order valence-electron chi connectivity index (χ3n) is 2.95. The van der Waals surface area contributed by atoms with Crippen molar-refractivity contribution in [3.63, 3.8) is 0 Å². The van der Waals surface area contributed by atoms with E-state index < -0.39 is 0 Å². The van der Waals surface area contributed by atoms with E-state index in [1.807, 2.05) is 7.05 Å². The molecule has 0 saturated carbocycles. The first kappa shape index (κ1) is 12.3. The van der Waals surface area contributed by atoms with Gasteiger partial charge in [-0.15, -0.1) is 12.6 Å². The van der Waals surface area contributed by atoms with Crippen LogP contribution in [-0.4, -0.2) is 33.4 Å². The highest BCUT2D eigenvalue weighted by Crippen LogP contribution is 2.19. The normalized spacial score (nSPS) is 17.1. The second-order valence-corrected chi connectivity index (χ2v) is 4.20. The van der Waals surface area contributed by atoms with Crippen LogP contribution in [0.4, 0.5) is 5.69 Å². The summed E-state index contributed by atoms with van der Waals surface area (Å²) in [6, 6.07) is 8.53. The van der Waals surface area contributed by atoms with Crippen molar-refractivity contribution in [3.05, 3.63) is 35.2 Å². The Bertz CT molecular complexity index is 383. The summed E-state index contributed by atoms with van der Waals surface area (Å²) in [7, 11) is 1.90. The summed E-state index contributed by atoms with van der Waals surface area (Å²) in [5, 5.41) is 4.90. The molecule has 0 spiro atoms. The summed E-state index contributed by atoms with van der Waals surface area (Å²) >= 11 is 4.18. The minimum Gasteiger partial charge on any atom is -0.387 e. The molecule has 1 heterocycles. The third kappa shape index (κ3) is 2.96. The molecule has 1 aliphatic heterocycles. The SMILES string of the molecule is CN/C(=C\S)c1ccc(N2CCOCC2)cc1. The van der Waals surface area contributed by atoms with E-state index in [9.17, 15) is 0 Å². The Labute approximate surface area is 108 Å². The topological polar surface area (TPSA) is 24.5 Å². The standard InChI is InChI=1S/C13H18N2OS/c1-14-13(10-17)11-2-4-12(5-3-11)15-6-8-16-9-7-15/h2-5,10,14,17H,6-9H2,1H3/b13-10-. The van der Waals surface area contributed by atoms with Crippen molar-refractivity contribution >= 4 is 24.0 Å². The highest BCUT2D eigenvalue weighted by molar-refractivity contribution is 7.83. The molecule has 0 atom stereocenters. The summed E-state index contributed by atoms with van der Waals surface area (Å²) in [6.07, 6.45) is 0. The van der Waals surface area contributed by atoms with Crippen molar-refractivity contribution in [1.82, 2.24) is 5.32 Å². The second-order valence-electron chi connectivity index (χ2n) is 3.94. The summed E-state index contributed by atoms with van der Waals surface area (Å²) in [5.74, 6) is 0. The maximum Gasteiger partial charge on any atom is 0.0642 e. The van der Waals surface area contributed by atoms with Gasteiger partial charge >= 0.3 is 0 Å². The Morgan fingerprint density at radius 3 is 2.47 bits per heavy atom. The van der Waals surface area contributed by atoms with Crippen molar-refractivity contribution in [3.8, 4) is 0 Å². The van der Waals surface area contributed by atoms with Gasteiger partial charge in [-0.3, -0.25) is 0 Å². The molecule has 4 heteroatoms. The quantitative estimate of drug-likeness (QED) is 0.802. The van der Waals surface area contributed by atoms with Crippen LogP contribution in [0.25, 0.3) is 5.70 Å². The zero-order valence-corrected chi connectivity index (χ0v) is 10.9. The van der Waals surface area contributed by atoms with E-state index in [-0.39, 0.29) is 0 Å². The van der Waals surface area contributed by atoms with Crippen LogP contribution in [-0.2, 0) is 4.74 Å². The molecule has 92 valence electrons. The van der Waals surface area contributed by atoms with Crippen LogP contribution in [0.5, 0.6) is 0 Å². The van der Waals surface area contributed by atoms with E-state index in [0.717, 1.165) is 37.6 Å². The lowest BCUT2D eigenvalue weighted by atomic mass is 10.1. The summed E-state index contributed by atoms with van der Waals surface area (Å²) in [5.41, 5.74) is 3.44. The van der Waals surface area contributed by atoms with Crippen LogP contribution in [0.2, 0.25) is 0 Å². The fourth-order valence-electron chi connectivity index (χ4n) is 1.96. The van der Waals surface area contributed by atoms with E-state index in [4.69, 9.17) is 4.74 Å². The van der Waals surface area contributed by atoms with Gasteiger partial charge in [-0.25, -0.2) is 0 Å². The second kappa shape index (κ2) is 5.98. The summed E-state index contributed by atoms with van der Waals surface area (Å²) < 4.78 is 5.35. The molecule has 0 aromatic heterocycles. The Balaban J connectivity index is 2.12. The molecular formula is C13H18N2OS. The van der Waals surface area contributed by atoms with Crippen molar-refractivity contribution in [1.29, 1.82) is 0 Å². The van der Waals surface area contributed by atoms with Crippen molar-refractivity contribution in [2.45, 2.75) is 0 Å². The first-order chi connectivity index (χ1) is 8.35. The molecule has 1 fully saturated rings. The largest absolute Gasteiger partial charge is 0.387 e. The molecular weight excluding hydrogens is 232 g/mol. The minimum absolute atomic E-state index is 0.820. The lowest BCUT2D eigenvalue weighted by Crippen LogP contribution is -2.36. The maximum absolute atomic E-state index is 5.35. The van der Waals surface area contributed by atoms with Crippen LogP contribution in [0.15, 0.2) is 29.7 Å². The zero-order valence-electron chi connectivity index (χ0n) is 10.0. The molecule has 1 aliphatic rings. The average Bonchev–Trinajstić information content (AvgIpc) is 2.42. The highest BCUT2D eigenvalue weighted by atomic mass is 32.1. The lowest BCUT2D eigenvalue weighted by molar-refractivity contribution is 0.122. The summed E-state index contributed by atoms with van der Waals surface area (Å²) in [4.78, 5) is 2.34. The fourth-order valence-corrected chi connectivity index (χ4v) is 2.23. The molecule has 0 aliphatic carbocycles. The van der Waals surface area contributed by atoms with E-state index >= 15 is 0 Å². The van der Waals surface area contributed by atoms with Crippen molar-refractivity contribution < 1.29 is 4.74 Å². The van der Waals surface area contributed by atoms with Gasteiger partial charge in [0.05, 0.1) is 13.2 Å². The van der Waals surface area contributed by atoms with Gasteiger partial charge in [0.25, 0.3) is 0 Å². The molecule has 1 N–H and O–H groups in total. The smallest absolute Gasteiger partial charge is 0.0642 e. The van der Waals surface area contributed by atoms with Gasteiger partial charge in [0.2, 0.25) is 0 Å². The first-order valence-corrected chi connectivity index (χ1v) is 6.32. The minimum atomic E-state index is 0.820. The number of benzene rings is 1. The monoisotopic (exact) mass is 250 g/mol. The third-order valence-corrected chi connectivity index (χ3v) is 3.21. The number of hydrogen-bond acceptors (Lipinski definition) is 4. The van der Waals surface area contributed by atoms with E-state index in [0.29, 0.717) is 0 Å². The number of thiol groups is 1. The zero-order chi connectivity index (χ0) is 12.1. The Hall–Kier alpha value is -1.13. The molecule has 0 amide bonds. The summed E-state index contributed by atoms with van der Waals surface area (Å²) in [6.45, 7) is 3.58. The number of nitrogens with zero attached hydrogens (tertiary/aromatic N) is 1. The maximum atomic E-state index is 5.35. The molecule has 1 aromatic carbocycles. The Morgan fingerprint density at radius 2 is 1.94 bits per heavy atom. The van der Waals surface area contributed by atoms with E-state index in [1.54, 1.807) is 5.41 Å². The number of morpholine rings is 1. The Kier molecular flexibility index (Phi) is 4.34. The van der Waals surface area contributed by atoms with Crippen molar-refractivity contribution in [2.24, 2.45) is 0 Å².